The molecule has 0 unspecified atom stereocenters. The first-order chi connectivity index (χ1) is 10.5. The highest BCUT2D eigenvalue weighted by atomic mass is 16.2. The van der Waals surface area contributed by atoms with Gasteiger partial charge in [-0.15, -0.1) is 0 Å². The van der Waals surface area contributed by atoms with Crippen molar-refractivity contribution in [3.63, 3.8) is 0 Å². The zero-order valence-corrected chi connectivity index (χ0v) is 12.7. The topological polar surface area (TPSA) is 75.4 Å². The smallest absolute Gasteiger partial charge is 0.228 e. The van der Waals surface area contributed by atoms with E-state index in [1.807, 2.05) is 12.1 Å². The van der Waals surface area contributed by atoms with Gasteiger partial charge in [0.05, 0.1) is 6.42 Å². The van der Waals surface area contributed by atoms with Gasteiger partial charge in [-0.05, 0) is 42.0 Å². The van der Waals surface area contributed by atoms with Crippen LogP contribution in [0.15, 0.2) is 48.5 Å². The molecule has 22 heavy (non-hydrogen) atoms. The van der Waals surface area contributed by atoms with Gasteiger partial charge in [0, 0.05) is 31.0 Å². The fourth-order valence-corrected chi connectivity index (χ4v) is 1.98. The third-order valence-electron chi connectivity index (χ3n) is 3.36. The minimum atomic E-state index is -0.0996. The molecule has 2 rings (SSSR count). The monoisotopic (exact) mass is 297 g/mol. The van der Waals surface area contributed by atoms with E-state index in [1.54, 1.807) is 48.3 Å². The average Bonchev–Trinajstić information content (AvgIpc) is 2.49. The van der Waals surface area contributed by atoms with Gasteiger partial charge in [0.1, 0.15) is 0 Å². The summed E-state index contributed by atoms with van der Waals surface area (Å²) in [5, 5.41) is 2.83. The number of nitrogens with zero attached hydrogens (tertiary/aromatic N) is 1. The largest absolute Gasteiger partial charge is 0.399 e. The number of anilines is 3. The van der Waals surface area contributed by atoms with Gasteiger partial charge in [-0.25, -0.2) is 0 Å². The normalized spacial score (nSPS) is 10.1. The summed E-state index contributed by atoms with van der Waals surface area (Å²) in [6.45, 7) is 1.50. The van der Waals surface area contributed by atoms with Crippen LogP contribution in [0.2, 0.25) is 0 Å². The quantitative estimate of drug-likeness (QED) is 0.851. The Bertz CT molecular complexity index is 663. The molecule has 5 heteroatoms. The predicted molar refractivity (Wildman–Crippen MR) is 88.7 cm³/mol. The van der Waals surface area contributed by atoms with Crippen LogP contribution in [0.25, 0.3) is 0 Å². The number of carbonyl (C=O) groups is 2. The van der Waals surface area contributed by atoms with Gasteiger partial charge in [0.2, 0.25) is 11.8 Å². The molecule has 0 saturated carbocycles. The maximum absolute atomic E-state index is 12.0. The van der Waals surface area contributed by atoms with Gasteiger partial charge < -0.3 is 16.0 Å². The lowest BCUT2D eigenvalue weighted by Crippen LogP contribution is -2.22. The molecular formula is C17H19N3O2. The molecule has 0 aromatic heterocycles. The lowest BCUT2D eigenvalue weighted by atomic mass is 10.1. The summed E-state index contributed by atoms with van der Waals surface area (Å²) >= 11 is 0. The van der Waals surface area contributed by atoms with Crippen LogP contribution in [0.1, 0.15) is 12.5 Å². The van der Waals surface area contributed by atoms with Gasteiger partial charge >= 0.3 is 0 Å². The number of hydrogen-bond acceptors (Lipinski definition) is 3. The number of nitrogens with one attached hydrogen (secondary N) is 1. The van der Waals surface area contributed by atoms with Gasteiger partial charge in [-0.1, -0.05) is 12.1 Å². The molecule has 0 aliphatic rings. The fourth-order valence-electron chi connectivity index (χ4n) is 1.98. The average molecular weight is 297 g/mol. The van der Waals surface area contributed by atoms with E-state index in [9.17, 15) is 9.59 Å². The second-order valence-electron chi connectivity index (χ2n) is 5.09. The number of hydrogen-bond donors (Lipinski definition) is 2. The summed E-state index contributed by atoms with van der Waals surface area (Å²) in [4.78, 5) is 24.8. The minimum Gasteiger partial charge on any atom is -0.399 e. The number of nitrogens with two attached hydrogens (primary N) is 1. The summed E-state index contributed by atoms with van der Waals surface area (Å²) in [7, 11) is 1.71. The van der Waals surface area contributed by atoms with E-state index < -0.39 is 0 Å². The van der Waals surface area contributed by atoms with E-state index >= 15 is 0 Å². The zero-order valence-electron chi connectivity index (χ0n) is 12.7. The van der Waals surface area contributed by atoms with Crippen molar-refractivity contribution in [2.24, 2.45) is 0 Å². The van der Waals surface area contributed by atoms with Crippen molar-refractivity contribution >= 4 is 28.9 Å². The van der Waals surface area contributed by atoms with E-state index in [0.717, 1.165) is 11.3 Å². The summed E-state index contributed by atoms with van der Waals surface area (Å²) in [5.41, 5.74) is 8.67. The van der Waals surface area contributed by atoms with Gasteiger partial charge in [-0.2, -0.15) is 0 Å². The molecule has 0 aliphatic heterocycles. The van der Waals surface area contributed by atoms with E-state index in [4.69, 9.17) is 5.73 Å². The first-order valence-electron chi connectivity index (χ1n) is 6.94. The lowest BCUT2D eigenvalue weighted by molar-refractivity contribution is -0.116. The molecule has 2 aromatic carbocycles. The third kappa shape index (κ3) is 4.09. The van der Waals surface area contributed by atoms with Crippen LogP contribution in [0.3, 0.4) is 0 Å². The number of nitrogen functional groups attached to an aromatic ring is 1. The second-order valence-corrected chi connectivity index (χ2v) is 5.09. The van der Waals surface area contributed by atoms with Crippen LogP contribution in [-0.4, -0.2) is 18.9 Å². The summed E-state index contributed by atoms with van der Waals surface area (Å²) in [6.07, 6.45) is 0.287. The molecule has 0 radical (unpaired) electrons. The Labute approximate surface area is 129 Å². The molecule has 2 aromatic rings. The highest BCUT2D eigenvalue weighted by molar-refractivity contribution is 5.93. The number of amides is 2. The van der Waals surface area contributed by atoms with Crippen LogP contribution < -0.4 is 16.0 Å². The van der Waals surface area contributed by atoms with E-state index in [-0.39, 0.29) is 18.2 Å². The summed E-state index contributed by atoms with van der Waals surface area (Å²) < 4.78 is 0. The number of benzene rings is 2. The zero-order chi connectivity index (χ0) is 16.1. The molecule has 5 nitrogen and oxygen atoms in total. The van der Waals surface area contributed by atoms with E-state index in [0.29, 0.717) is 11.4 Å². The Morgan fingerprint density at radius 3 is 2.18 bits per heavy atom. The molecule has 0 bridgehead atoms. The predicted octanol–water partition coefficient (Wildman–Crippen LogP) is 2.43. The van der Waals surface area contributed by atoms with Crippen molar-refractivity contribution in [2.45, 2.75) is 13.3 Å². The number of carbonyl (C=O) groups excluding carboxylic acids is 2. The van der Waals surface area contributed by atoms with Crippen LogP contribution in [0.5, 0.6) is 0 Å². The summed E-state index contributed by atoms with van der Waals surface area (Å²) in [6, 6.07) is 14.3. The Kier molecular flexibility index (Phi) is 4.78. The Morgan fingerprint density at radius 1 is 1.05 bits per heavy atom. The standard InChI is InChI=1S/C17H19N3O2/c1-12(21)20(2)16-9-7-15(8-10-16)19-17(22)11-13-3-5-14(18)6-4-13/h3-10H,11,18H2,1-2H3,(H,19,22). The third-order valence-corrected chi connectivity index (χ3v) is 3.36. The first-order valence-corrected chi connectivity index (χ1v) is 6.94. The van der Waals surface area contributed by atoms with Crippen molar-refractivity contribution in [1.29, 1.82) is 0 Å². The maximum Gasteiger partial charge on any atom is 0.228 e. The molecule has 3 N–H and O–H groups in total. The molecule has 0 aliphatic carbocycles. The van der Waals surface area contributed by atoms with Crippen molar-refractivity contribution in [1.82, 2.24) is 0 Å². The molecule has 0 saturated heterocycles. The molecule has 114 valence electrons. The Hall–Kier alpha value is -2.82. The van der Waals surface area contributed by atoms with Crippen molar-refractivity contribution < 1.29 is 9.59 Å². The molecular weight excluding hydrogens is 278 g/mol. The Morgan fingerprint density at radius 2 is 1.64 bits per heavy atom. The molecule has 0 spiro atoms. The van der Waals surface area contributed by atoms with Crippen molar-refractivity contribution in [2.75, 3.05) is 23.0 Å². The van der Waals surface area contributed by atoms with Crippen molar-refractivity contribution in [3.05, 3.63) is 54.1 Å². The SMILES string of the molecule is CC(=O)N(C)c1ccc(NC(=O)Cc2ccc(N)cc2)cc1. The van der Waals surface area contributed by atoms with E-state index in [1.165, 1.54) is 6.92 Å². The maximum atomic E-state index is 12.0. The molecule has 0 atom stereocenters. The van der Waals surface area contributed by atoms with Crippen molar-refractivity contribution in [3.8, 4) is 0 Å². The Balaban J connectivity index is 1.97. The lowest BCUT2D eigenvalue weighted by Gasteiger charge is -2.15. The molecule has 0 fully saturated rings. The van der Waals surface area contributed by atoms with Crippen LogP contribution in [-0.2, 0) is 16.0 Å². The highest BCUT2D eigenvalue weighted by Gasteiger charge is 2.07. The second kappa shape index (κ2) is 6.76. The van der Waals surface area contributed by atoms with Gasteiger partial charge in [0.25, 0.3) is 0 Å². The van der Waals surface area contributed by atoms with E-state index in [2.05, 4.69) is 5.32 Å². The molecule has 2 amide bonds. The number of rotatable bonds is 4. The first kappa shape index (κ1) is 15.6. The van der Waals surface area contributed by atoms with Crippen LogP contribution >= 0.6 is 0 Å². The van der Waals surface area contributed by atoms with Gasteiger partial charge in [0.15, 0.2) is 0 Å². The van der Waals surface area contributed by atoms with Gasteiger partial charge in [-0.3, -0.25) is 9.59 Å². The minimum absolute atomic E-state index is 0.0415. The van der Waals surface area contributed by atoms with Crippen LogP contribution in [0, 0.1) is 0 Å². The fraction of sp³-hybridized carbons (Fsp3) is 0.176. The molecule has 0 heterocycles. The highest BCUT2D eigenvalue weighted by Crippen LogP contribution is 2.17. The summed E-state index contributed by atoms with van der Waals surface area (Å²) in [5.74, 6) is -0.141. The van der Waals surface area contributed by atoms with Crippen LogP contribution in [0.4, 0.5) is 17.1 Å².